The summed E-state index contributed by atoms with van der Waals surface area (Å²) in [5.41, 5.74) is 6.19. The average Bonchev–Trinajstić information content (AvgIpc) is 2.15. The van der Waals surface area contributed by atoms with Gasteiger partial charge >= 0.3 is 0 Å². The average molecular weight is 181 g/mol. The monoisotopic (exact) mass is 181 g/mol. The van der Waals surface area contributed by atoms with Crippen molar-refractivity contribution in [2.45, 2.75) is 20.4 Å². The molecule has 0 atom stereocenters. The number of aromatic nitrogens is 2. The maximum absolute atomic E-state index is 5.47. The van der Waals surface area contributed by atoms with Gasteiger partial charge in [-0.05, 0) is 5.92 Å². The highest BCUT2D eigenvalue weighted by atomic mass is 16.5. The van der Waals surface area contributed by atoms with Gasteiger partial charge in [-0.2, -0.15) is 0 Å². The molecule has 1 heterocycles. The van der Waals surface area contributed by atoms with Crippen LogP contribution >= 0.6 is 0 Å². The van der Waals surface area contributed by atoms with Crippen molar-refractivity contribution in [3.63, 3.8) is 0 Å². The van der Waals surface area contributed by atoms with Crippen LogP contribution in [-0.4, -0.2) is 16.6 Å². The Morgan fingerprint density at radius 2 is 2.08 bits per heavy atom. The maximum atomic E-state index is 5.47. The van der Waals surface area contributed by atoms with Gasteiger partial charge in [0.25, 0.3) is 0 Å². The number of nitrogens with two attached hydrogens (primary N) is 1. The summed E-state index contributed by atoms with van der Waals surface area (Å²) in [5.74, 6) is 1.03. The second-order valence-electron chi connectivity index (χ2n) is 3.22. The highest BCUT2D eigenvalue weighted by molar-refractivity contribution is 5.16. The fraction of sp³-hybridized carbons (Fsp3) is 0.556. The molecule has 0 unspecified atom stereocenters. The Morgan fingerprint density at radius 3 is 2.69 bits per heavy atom. The zero-order valence-corrected chi connectivity index (χ0v) is 8.03. The van der Waals surface area contributed by atoms with Crippen molar-refractivity contribution in [3.8, 4) is 5.88 Å². The van der Waals surface area contributed by atoms with Crippen LogP contribution in [0.5, 0.6) is 5.88 Å². The predicted molar refractivity (Wildman–Crippen MR) is 50.3 cm³/mol. The van der Waals surface area contributed by atoms with Gasteiger partial charge in [0.05, 0.1) is 6.61 Å². The van der Waals surface area contributed by atoms with Crippen LogP contribution in [0.3, 0.4) is 0 Å². The summed E-state index contributed by atoms with van der Waals surface area (Å²) < 4.78 is 5.44. The Hall–Kier alpha value is -1.16. The van der Waals surface area contributed by atoms with E-state index in [4.69, 9.17) is 10.5 Å². The van der Waals surface area contributed by atoms with Gasteiger partial charge in [0.2, 0.25) is 5.88 Å². The van der Waals surface area contributed by atoms with E-state index in [0.717, 1.165) is 0 Å². The van der Waals surface area contributed by atoms with Crippen molar-refractivity contribution in [1.29, 1.82) is 0 Å². The summed E-state index contributed by atoms with van der Waals surface area (Å²) in [5, 5.41) is 0. The fourth-order valence-electron chi connectivity index (χ4n) is 0.860. The van der Waals surface area contributed by atoms with E-state index in [2.05, 4.69) is 23.8 Å². The minimum atomic E-state index is 0.362. The summed E-state index contributed by atoms with van der Waals surface area (Å²) in [6.07, 6.45) is 3.22. The lowest BCUT2D eigenvalue weighted by molar-refractivity contribution is 0.257. The number of ether oxygens (including phenoxy) is 1. The van der Waals surface area contributed by atoms with E-state index in [1.54, 1.807) is 12.4 Å². The van der Waals surface area contributed by atoms with Gasteiger partial charge in [-0.15, -0.1) is 0 Å². The molecule has 4 nitrogen and oxygen atoms in total. The van der Waals surface area contributed by atoms with Gasteiger partial charge < -0.3 is 10.5 Å². The highest BCUT2D eigenvalue weighted by Crippen LogP contribution is 2.11. The molecule has 0 spiro atoms. The summed E-state index contributed by atoms with van der Waals surface area (Å²) >= 11 is 0. The fourth-order valence-corrected chi connectivity index (χ4v) is 0.860. The van der Waals surface area contributed by atoms with Gasteiger partial charge in [0.1, 0.15) is 5.69 Å². The van der Waals surface area contributed by atoms with E-state index in [0.29, 0.717) is 30.6 Å². The molecule has 13 heavy (non-hydrogen) atoms. The quantitative estimate of drug-likeness (QED) is 0.751. The van der Waals surface area contributed by atoms with Gasteiger partial charge in [0.15, 0.2) is 0 Å². The normalized spacial score (nSPS) is 10.5. The second kappa shape index (κ2) is 4.77. The lowest BCUT2D eigenvalue weighted by atomic mass is 10.2. The Balaban J connectivity index is 2.64. The second-order valence-corrected chi connectivity index (χ2v) is 3.22. The number of hydrogen-bond acceptors (Lipinski definition) is 4. The number of hydrogen-bond donors (Lipinski definition) is 1. The van der Waals surface area contributed by atoms with Gasteiger partial charge in [0, 0.05) is 18.9 Å². The first-order valence-electron chi connectivity index (χ1n) is 4.36. The Labute approximate surface area is 78.1 Å². The Bertz CT molecular complexity index is 263. The molecule has 0 aliphatic carbocycles. The molecule has 0 saturated carbocycles. The van der Waals surface area contributed by atoms with E-state index in [1.807, 2.05) is 0 Å². The zero-order chi connectivity index (χ0) is 9.68. The van der Waals surface area contributed by atoms with E-state index in [9.17, 15) is 0 Å². The van der Waals surface area contributed by atoms with E-state index < -0.39 is 0 Å². The van der Waals surface area contributed by atoms with Crippen LogP contribution in [0.2, 0.25) is 0 Å². The van der Waals surface area contributed by atoms with Crippen LogP contribution in [0.4, 0.5) is 0 Å². The van der Waals surface area contributed by atoms with Crippen molar-refractivity contribution < 1.29 is 4.74 Å². The van der Waals surface area contributed by atoms with Crippen LogP contribution in [-0.2, 0) is 6.54 Å². The molecule has 1 aromatic heterocycles. The summed E-state index contributed by atoms with van der Waals surface area (Å²) in [4.78, 5) is 8.12. The van der Waals surface area contributed by atoms with Crippen molar-refractivity contribution in [1.82, 2.24) is 9.97 Å². The van der Waals surface area contributed by atoms with Crippen LogP contribution in [0.15, 0.2) is 12.4 Å². The molecule has 1 aromatic rings. The molecule has 72 valence electrons. The molecule has 0 fully saturated rings. The minimum Gasteiger partial charge on any atom is -0.476 e. The molecule has 1 rings (SSSR count). The van der Waals surface area contributed by atoms with Crippen LogP contribution < -0.4 is 10.5 Å². The van der Waals surface area contributed by atoms with Gasteiger partial charge in [-0.1, -0.05) is 13.8 Å². The van der Waals surface area contributed by atoms with Crippen molar-refractivity contribution in [3.05, 3.63) is 18.1 Å². The molecule has 2 N–H and O–H groups in total. The number of nitrogens with zero attached hydrogens (tertiary/aromatic N) is 2. The number of rotatable bonds is 4. The predicted octanol–water partition coefficient (Wildman–Crippen LogP) is 0.970. The standard InChI is InChI=1S/C9H15N3O/c1-7(2)6-13-9-8(5-10)11-3-4-12-9/h3-4,7H,5-6,10H2,1-2H3. The summed E-state index contributed by atoms with van der Waals surface area (Å²) in [7, 11) is 0. The first-order valence-corrected chi connectivity index (χ1v) is 4.36. The van der Waals surface area contributed by atoms with E-state index >= 15 is 0 Å². The lowest BCUT2D eigenvalue weighted by Gasteiger charge is -2.09. The zero-order valence-electron chi connectivity index (χ0n) is 8.03. The van der Waals surface area contributed by atoms with Crippen LogP contribution in [0.1, 0.15) is 19.5 Å². The molecule has 0 aliphatic rings. The Kier molecular flexibility index (Phi) is 3.64. The Morgan fingerprint density at radius 1 is 1.38 bits per heavy atom. The highest BCUT2D eigenvalue weighted by Gasteiger charge is 2.04. The molecule has 0 saturated heterocycles. The van der Waals surface area contributed by atoms with E-state index in [-0.39, 0.29) is 0 Å². The molecule has 0 radical (unpaired) electrons. The molecule has 0 bridgehead atoms. The smallest absolute Gasteiger partial charge is 0.236 e. The van der Waals surface area contributed by atoms with Crippen molar-refractivity contribution in [2.75, 3.05) is 6.61 Å². The molecular weight excluding hydrogens is 166 g/mol. The summed E-state index contributed by atoms with van der Waals surface area (Å²) in [6.45, 7) is 5.17. The topological polar surface area (TPSA) is 61.0 Å². The molecule has 0 aromatic carbocycles. The third-order valence-corrected chi connectivity index (χ3v) is 1.48. The van der Waals surface area contributed by atoms with Crippen molar-refractivity contribution >= 4 is 0 Å². The van der Waals surface area contributed by atoms with Crippen LogP contribution in [0.25, 0.3) is 0 Å². The molecular formula is C9H15N3O. The third kappa shape index (κ3) is 2.99. The SMILES string of the molecule is CC(C)COc1nccnc1CN. The molecule has 4 heteroatoms. The lowest BCUT2D eigenvalue weighted by Crippen LogP contribution is -2.10. The largest absolute Gasteiger partial charge is 0.476 e. The first-order chi connectivity index (χ1) is 6.24. The first kappa shape index (κ1) is 9.92. The van der Waals surface area contributed by atoms with Gasteiger partial charge in [-0.3, -0.25) is 4.98 Å². The molecule has 0 amide bonds. The van der Waals surface area contributed by atoms with Crippen molar-refractivity contribution in [2.24, 2.45) is 11.7 Å². The molecule has 0 aliphatic heterocycles. The van der Waals surface area contributed by atoms with Gasteiger partial charge in [-0.25, -0.2) is 4.98 Å². The third-order valence-electron chi connectivity index (χ3n) is 1.48. The van der Waals surface area contributed by atoms with E-state index in [1.165, 1.54) is 0 Å². The van der Waals surface area contributed by atoms with Crippen LogP contribution in [0, 0.1) is 5.92 Å². The summed E-state index contributed by atoms with van der Waals surface area (Å²) in [6, 6.07) is 0. The minimum absolute atomic E-state index is 0.362. The maximum Gasteiger partial charge on any atom is 0.236 e.